The molecule has 8 heteroatoms. The molecular weight excluding hydrogens is 312 g/mol. The maximum atomic E-state index is 12.1. The van der Waals surface area contributed by atoms with Crippen molar-refractivity contribution in [2.45, 2.75) is 18.9 Å². The average molecular weight is 323 g/mol. The molecule has 0 bridgehead atoms. The van der Waals surface area contributed by atoms with Crippen molar-refractivity contribution in [1.82, 2.24) is 15.5 Å². The van der Waals surface area contributed by atoms with Crippen LogP contribution in [0, 0.1) is 0 Å². The number of halogens is 1. The minimum Gasteiger partial charge on any atom is -0.349 e. The topological polar surface area (TPSA) is 84.0 Å². The molecule has 2 N–H and O–H groups in total. The number of nitrogens with one attached hydrogen (secondary N) is 2. The smallest absolute Gasteiger partial charge is 0.286 e. The summed E-state index contributed by atoms with van der Waals surface area (Å²) in [5.74, 6) is -0.630. The third kappa shape index (κ3) is 3.37. The van der Waals surface area contributed by atoms with Gasteiger partial charge >= 0.3 is 0 Å². The zero-order valence-corrected chi connectivity index (χ0v) is 12.4. The summed E-state index contributed by atoms with van der Waals surface area (Å²) in [5, 5.41) is 13.0. The molecule has 0 aliphatic heterocycles. The number of carbonyl (C=O) groups excluding carboxylic acids is 2. The lowest BCUT2D eigenvalue weighted by atomic mass is 10.1. The molecule has 0 saturated heterocycles. The zero-order valence-electron chi connectivity index (χ0n) is 10.8. The molecule has 6 nitrogen and oxygen atoms in total. The molecule has 0 spiro atoms. The van der Waals surface area contributed by atoms with Gasteiger partial charge in [0, 0.05) is 6.04 Å². The van der Waals surface area contributed by atoms with E-state index in [2.05, 4.69) is 20.8 Å². The largest absolute Gasteiger partial charge is 0.349 e. The Morgan fingerprint density at radius 3 is 2.62 bits per heavy atom. The summed E-state index contributed by atoms with van der Waals surface area (Å²) in [7, 11) is 0. The number of hydrogen-bond acceptors (Lipinski definition) is 5. The van der Waals surface area contributed by atoms with Crippen LogP contribution in [0.15, 0.2) is 24.3 Å². The van der Waals surface area contributed by atoms with Crippen LogP contribution in [0.5, 0.6) is 0 Å². The zero-order chi connectivity index (χ0) is 14.8. The monoisotopic (exact) mass is 322 g/mol. The minimum absolute atomic E-state index is 0.150. The van der Waals surface area contributed by atoms with Crippen molar-refractivity contribution in [3.8, 4) is 0 Å². The van der Waals surface area contributed by atoms with E-state index in [1.807, 2.05) is 0 Å². The number of anilines is 1. The van der Waals surface area contributed by atoms with Crippen molar-refractivity contribution >= 4 is 40.4 Å². The third-order valence-electron chi connectivity index (χ3n) is 2.93. The van der Waals surface area contributed by atoms with Gasteiger partial charge in [-0.05, 0) is 36.6 Å². The number of hydrogen-bond donors (Lipinski definition) is 2. The fraction of sp³-hybridized carbons (Fsp3) is 0.231. The van der Waals surface area contributed by atoms with Crippen molar-refractivity contribution in [2.75, 3.05) is 5.32 Å². The predicted octanol–water partition coefficient (Wildman–Crippen LogP) is 2.34. The van der Waals surface area contributed by atoms with Gasteiger partial charge < -0.3 is 10.6 Å². The fourth-order valence-electron chi connectivity index (χ4n) is 1.75. The number of para-hydroxylation sites is 1. The molecule has 1 aromatic heterocycles. The van der Waals surface area contributed by atoms with Crippen LogP contribution in [0.1, 0.15) is 33.0 Å². The van der Waals surface area contributed by atoms with Gasteiger partial charge in [0.25, 0.3) is 11.8 Å². The first-order valence-electron chi connectivity index (χ1n) is 6.34. The molecule has 1 aliphatic carbocycles. The Hall–Kier alpha value is -1.99. The fourth-order valence-corrected chi connectivity index (χ4v) is 2.48. The molecule has 1 heterocycles. The van der Waals surface area contributed by atoms with Crippen molar-refractivity contribution in [3.05, 3.63) is 39.3 Å². The van der Waals surface area contributed by atoms with E-state index < -0.39 is 5.91 Å². The molecule has 2 amide bonds. The average Bonchev–Trinajstić information content (AvgIpc) is 3.17. The molecule has 21 heavy (non-hydrogen) atoms. The van der Waals surface area contributed by atoms with Gasteiger partial charge in [-0.15, -0.1) is 10.2 Å². The van der Waals surface area contributed by atoms with Gasteiger partial charge in [0.1, 0.15) is 0 Å². The second kappa shape index (κ2) is 5.79. The first-order valence-corrected chi connectivity index (χ1v) is 7.53. The van der Waals surface area contributed by atoms with Crippen LogP contribution in [0.3, 0.4) is 0 Å². The molecule has 1 saturated carbocycles. The minimum atomic E-state index is -0.439. The lowest BCUT2D eigenvalue weighted by Crippen LogP contribution is -2.27. The van der Waals surface area contributed by atoms with E-state index >= 15 is 0 Å². The maximum Gasteiger partial charge on any atom is 0.286 e. The van der Waals surface area contributed by atoms with E-state index in [-0.39, 0.29) is 21.4 Å². The Labute approximate surface area is 129 Å². The summed E-state index contributed by atoms with van der Waals surface area (Å²) in [5.41, 5.74) is 0.861. The number of amides is 2. The number of carbonyl (C=O) groups is 2. The van der Waals surface area contributed by atoms with Gasteiger partial charge in [-0.2, -0.15) is 0 Å². The standard InChI is InChI=1S/C13H11ClN4O2S/c14-13-18-17-12(21-13)11(20)16-9-4-2-1-3-8(9)10(19)15-7-5-6-7/h1-4,7H,5-6H2,(H,15,19)(H,16,20). The van der Waals surface area contributed by atoms with Crippen LogP contribution in [0.4, 0.5) is 5.69 Å². The normalized spacial score (nSPS) is 13.8. The van der Waals surface area contributed by atoms with Crippen LogP contribution in [-0.4, -0.2) is 28.1 Å². The molecular formula is C13H11ClN4O2S. The quantitative estimate of drug-likeness (QED) is 0.905. The molecule has 3 rings (SSSR count). The summed E-state index contributed by atoms with van der Waals surface area (Å²) >= 11 is 6.63. The Bertz CT molecular complexity index is 699. The second-order valence-electron chi connectivity index (χ2n) is 4.61. The van der Waals surface area contributed by atoms with E-state index in [9.17, 15) is 9.59 Å². The number of benzene rings is 1. The van der Waals surface area contributed by atoms with Gasteiger partial charge in [-0.3, -0.25) is 9.59 Å². The van der Waals surface area contributed by atoms with Crippen molar-refractivity contribution in [2.24, 2.45) is 0 Å². The molecule has 0 atom stereocenters. The predicted molar refractivity (Wildman–Crippen MR) is 79.8 cm³/mol. The van der Waals surface area contributed by atoms with Gasteiger partial charge in [0.05, 0.1) is 11.3 Å². The van der Waals surface area contributed by atoms with E-state index in [4.69, 9.17) is 11.6 Å². The van der Waals surface area contributed by atoms with Gasteiger partial charge in [-0.1, -0.05) is 23.5 Å². The highest BCUT2D eigenvalue weighted by Gasteiger charge is 2.25. The summed E-state index contributed by atoms with van der Waals surface area (Å²) in [4.78, 5) is 24.2. The highest BCUT2D eigenvalue weighted by molar-refractivity contribution is 7.17. The van der Waals surface area contributed by atoms with Crippen LogP contribution in [0.2, 0.25) is 4.47 Å². The van der Waals surface area contributed by atoms with Gasteiger partial charge in [0.15, 0.2) is 0 Å². The van der Waals surface area contributed by atoms with Gasteiger partial charge in [0.2, 0.25) is 9.47 Å². The Balaban J connectivity index is 1.78. The number of nitrogens with zero attached hydrogens (tertiary/aromatic N) is 2. The van der Waals surface area contributed by atoms with Crippen LogP contribution in [0.25, 0.3) is 0 Å². The van der Waals surface area contributed by atoms with Crippen LogP contribution in [-0.2, 0) is 0 Å². The van der Waals surface area contributed by atoms with E-state index in [0.717, 1.165) is 24.2 Å². The molecule has 1 aliphatic rings. The Morgan fingerprint density at radius 1 is 1.19 bits per heavy atom. The molecule has 1 aromatic carbocycles. The van der Waals surface area contributed by atoms with Crippen molar-refractivity contribution in [3.63, 3.8) is 0 Å². The first kappa shape index (κ1) is 14.0. The van der Waals surface area contributed by atoms with Gasteiger partial charge in [-0.25, -0.2) is 0 Å². The SMILES string of the molecule is O=C(Nc1ccccc1C(=O)NC1CC1)c1nnc(Cl)s1. The Kier molecular flexibility index (Phi) is 3.85. The van der Waals surface area contributed by atoms with E-state index in [1.165, 1.54) is 0 Å². The lowest BCUT2D eigenvalue weighted by molar-refractivity contribution is 0.0952. The van der Waals surface area contributed by atoms with Crippen molar-refractivity contribution < 1.29 is 9.59 Å². The number of aromatic nitrogens is 2. The maximum absolute atomic E-state index is 12.1. The molecule has 2 aromatic rings. The first-order chi connectivity index (χ1) is 10.1. The van der Waals surface area contributed by atoms with E-state index in [1.54, 1.807) is 24.3 Å². The highest BCUT2D eigenvalue weighted by Crippen LogP contribution is 2.22. The molecule has 0 unspecified atom stereocenters. The summed E-state index contributed by atoms with van der Waals surface area (Å²) in [6, 6.07) is 7.08. The lowest BCUT2D eigenvalue weighted by Gasteiger charge is -2.10. The molecule has 0 radical (unpaired) electrons. The summed E-state index contributed by atoms with van der Waals surface area (Å²) in [6.07, 6.45) is 2.01. The Morgan fingerprint density at radius 2 is 1.95 bits per heavy atom. The van der Waals surface area contributed by atoms with E-state index in [0.29, 0.717) is 11.3 Å². The van der Waals surface area contributed by atoms with Crippen molar-refractivity contribution in [1.29, 1.82) is 0 Å². The number of rotatable bonds is 4. The van der Waals surface area contributed by atoms with Crippen LogP contribution >= 0.6 is 22.9 Å². The summed E-state index contributed by atoms with van der Waals surface area (Å²) < 4.78 is 0.194. The molecule has 1 fully saturated rings. The summed E-state index contributed by atoms with van der Waals surface area (Å²) in [6.45, 7) is 0. The highest BCUT2D eigenvalue weighted by atomic mass is 35.5. The molecule has 108 valence electrons. The third-order valence-corrected chi connectivity index (χ3v) is 3.94. The van der Waals surface area contributed by atoms with Crippen LogP contribution < -0.4 is 10.6 Å². The second-order valence-corrected chi connectivity index (χ2v) is 6.17.